The highest BCUT2D eigenvalue weighted by atomic mass is 32.2. The second kappa shape index (κ2) is 8.45. The molecule has 1 atom stereocenters. The number of hydrogen-bond donors (Lipinski definition) is 2. The largest absolute Gasteiger partial charge is 0.344 e. The molecule has 3 rings (SSSR count). The van der Waals surface area contributed by atoms with Gasteiger partial charge < -0.3 is 5.32 Å². The standard InChI is InChI=1S/C22H23N3O3S/c1-15-7-11-19(12-8-15)25-29(27,28)21-14-18(10-9-16(21)2)22(26)24-17(3)20-6-4-5-13-23-20/h4-14,17,25H,1-3H3,(H,24,26)/t17-/m0/s1. The van der Waals surface area contributed by atoms with Crippen LogP contribution >= 0.6 is 0 Å². The lowest BCUT2D eigenvalue weighted by atomic mass is 10.1. The highest BCUT2D eigenvalue weighted by Gasteiger charge is 2.20. The third kappa shape index (κ3) is 5.00. The number of benzene rings is 2. The molecule has 0 bridgehead atoms. The Labute approximate surface area is 171 Å². The van der Waals surface area contributed by atoms with Crippen LogP contribution in [0.5, 0.6) is 0 Å². The molecule has 0 aliphatic carbocycles. The van der Waals surface area contributed by atoms with Gasteiger partial charge in [0.1, 0.15) is 0 Å². The van der Waals surface area contributed by atoms with Crippen molar-refractivity contribution in [2.45, 2.75) is 31.7 Å². The number of carbonyl (C=O) groups excluding carboxylic acids is 1. The van der Waals surface area contributed by atoms with Crippen molar-refractivity contribution in [2.75, 3.05) is 4.72 Å². The average Bonchev–Trinajstić information content (AvgIpc) is 2.70. The van der Waals surface area contributed by atoms with E-state index in [1.54, 1.807) is 43.5 Å². The highest BCUT2D eigenvalue weighted by molar-refractivity contribution is 7.92. The molecule has 29 heavy (non-hydrogen) atoms. The Kier molecular flexibility index (Phi) is 5.98. The van der Waals surface area contributed by atoms with E-state index in [9.17, 15) is 13.2 Å². The molecule has 0 aliphatic rings. The molecule has 3 aromatic rings. The molecule has 2 N–H and O–H groups in total. The maximum Gasteiger partial charge on any atom is 0.262 e. The van der Waals surface area contributed by atoms with Gasteiger partial charge in [-0.3, -0.25) is 14.5 Å². The summed E-state index contributed by atoms with van der Waals surface area (Å²) in [5.41, 5.74) is 3.04. The zero-order valence-electron chi connectivity index (χ0n) is 16.5. The minimum Gasteiger partial charge on any atom is -0.344 e. The fourth-order valence-electron chi connectivity index (χ4n) is 2.85. The Hall–Kier alpha value is -3.19. The van der Waals surface area contributed by atoms with Crippen LogP contribution < -0.4 is 10.0 Å². The van der Waals surface area contributed by atoms with Crippen molar-refractivity contribution < 1.29 is 13.2 Å². The van der Waals surface area contributed by atoms with Crippen molar-refractivity contribution in [2.24, 2.45) is 0 Å². The number of anilines is 1. The molecule has 7 heteroatoms. The normalized spacial score (nSPS) is 12.2. The Morgan fingerprint density at radius 1 is 1.00 bits per heavy atom. The number of aromatic nitrogens is 1. The molecule has 2 aromatic carbocycles. The molecule has 0 radical (unpaired) electrons. The molecule has 0 unspecified atom stereocenters. The molecular formula is C22H23N3O3S. The number of hydrogen-bond acceptors (Lipinski definition) is 4. The van der Waals surface area contributed by atoms with E-state index in [1.165, 1.54) is 6.07 Å². The van der Waals surface area contributed by atoms with Crippen molar-refractivity contribution in [1.29, 1.82) is 0 Å². The second-order valence-electron chi connectivity index (χ2n) is 6.90. The predicted molar refractivity (Wildman–Crippen MR) is 113 cm³/mol. The Bertz CT molecular complexity index is 1110. The van der Waals surface area contributed by atoms with Crippen LogP contribution in [0.25, 0.3) is 0 Å². The van der Waals surface area contributed by atoms with E-state index in [1.807, 2.05) is 38.1 Å². The number of carbonyl (C=O) groups is 1. The third-order valence-electron chi connectivity index (χ3n) is 4.52. The number of nitrogens with zero attached hydrogens (tertiary/aromatic N) is 1. The smallest absolute Gasteiger partial charge is 0.262 e. The summed E-state index contributed by atoms with van der Waals surface area (Å²) < 4.78 is 28.3. The number of pyridine rings is 1. The summed E-state index contributed by atoms with van der Waals surface area (Å²) in [6.45, 7) is 5.45. The van der Waals surface area contributed by atoms with Crippen molar-refractivity contribution in [3.63, 3.8) is 0 Å². The van der Waals surface area contributed by atoms with E-state index >= 15 is 0 Å². The molecule has 1 heterocycles. The fraction of sp³-hybridized carbons (Fsp3) is 0.182. The van der Waals surface area contributed by atoms with Crippen LogP contribution in [0.2, 0.25) is 0 Å². The van der Waals surface area contributed by atoms with Gasteiger partial charge in [0, 0.05) is 17.4 Å². The molecule has 0 saturated heterocycles. The predicted octanol–water partition coefficient (Wildman–Crippen LogP) is 3.99. The number of amides is 1. The molecule has 0 aliphatic heterocycles. The van der Waals surface area contributed by atoms with Gasteiger partial charge in [-0.1, -0.05) is 29.8 Å². The third-order valence-corrected chi connectivity index (χ3v) is 6.05. The summed E-state index contributed by atoms with van der Waals surface area (Å²) in [5, 5.41) is 2.85. The zero-order valence-corrected chi connectivity index (χ0v) is 17.3. The summed E-state index contributed by atoms with van der Waals surface area (Å²) in [6.07, 6.45) is 1.66. The first-order valence-corrected chi connectivity index (χ1v) is 10.7. The first kappa shape index (κ1) is 20.5. The SMILES string of the molecule is Cc1ccc(NS(=O)(=O)c2cc(C(=O)N[C@@H](C)c3ccccn3)ccc2C)cc1. The number of sulfonamides is 1. The number of nitrogens with one attached hydrogen (secondary N) is 2. The maximum absolute atomic E-state index is 12.9. The molecule has 6 nitrogen and oxygen atoms in total. The minimum atomic E-state index is -3.84. The molecular weight excluding hydrogens is 386 g/mol. The Morgan fingerprint density at radius 3 is 2.38 bits per heavy atom. The lowest BCUT2D eigenvalue weighted by molar-refractivity contribution is 0.0939. The average molecular weight is 410 g/mol. The lowest BCUT2D eigenvalue weighted by Gasteiger charge is -2.15. The molecule has 0 saturated carbocycles. The lowest BCUT2D eigenvalue weighted by Crippen LogP contribution is -2.27. The van der Waals surface area contributed by atoms with Crippen molar-refractivity contribution in [3.05, 3.63) is 89.2 Å². The van der Waals surface area contributed by atoms with Gasteiger partial charge in [-0.15, -0.1) is 0 Å². The number of aryl methyl sites for hydroxylation is 2. The first-order chi connectivity index (χ1) is 13.8. The second-order valence-corrected chi connectivity index (χ2v) is 8.55. The fourth-order valence-corrected chi connectivity index (χ4v) is 4.18. The van der Waals surface area contributed by atoms with Crippen LogP contribution in [0.1, 0.15) is 40.1 Å². The number of rotatable bonds is 6. The van der Waals surface area contributed by atoms with Gasteiger partial charge in [0.15, 0.2) is 0 Å². The topological polar surface area (TPSA) is 88.2 Å². The monoisotopic (exact) mass is 409 g/mol. The van der Waals surface area contributed by atoms with E-state index in [-0.39, 0.29) is 22.4 Å². The molecule has 0 fully saturated rings. The minimum absolute atomic E-state index is 0.0659. The van der Waals surface area contributed by atoms with Gasteiger partial charge in [-0.2, -0.15) is 0 Å². The van der Waals surface area contributed by atoms with E-state index < -0.39 is 10.0 Å². The van der Waals surface area contributed by atoms with E-state index in [0.29, 0.717) is 11.3 Å². The van der Waals surface area contributed by atoms with E-state index in [0.717, 1.165) is 11.3 Å². The van der Waals surface area contributed by atoms with E-state index in [4.69, 9.17) is 0 Å². The van der Waals surface area contributed by atoms with Crippen LogP contribution in [-0.2, 0) is 10.0 Å². The quantitative estimate of drug-likeness (QED) is 0.644. The Balaban J connectivity index is 1.83. The van der Waals surface area contributed by atoms with Crippen LogP contribution in [0.4, 0.5) is 5.69 Å². The highest BCUT2D eigenvalue weighted by Crippen LogP contribution is 2.22. The van der Waals surface area contributed by atoms with Crippen molar-refractivity contribution in [3.8, 4) is 0 Å². The molecule has 150 valence electrons. The summed E-state index contributed by atoms with van der Waals surface area (Å²) in [5.74, 6) is -0.366. The van der Waals surface area contributed by atoms with Gasteiger partial charge in [-0.05, 0) is 62.7 Å². The zero-order chi connectivity index (χ0) is 21.0. The van der Waals surface area contributed by atoms with Gasteiger partial charge in [0.05, 0.1) is 16.6 Å². The van der Waals surface area contributed by atoms with Crippen LogP contribution in [0.3, 0.4) is 0 Å². The maximum atomic E-state index is 12.9. The summed E-state index contributed by atoms with van der Waals surface area (Å²) >= 11 is 0. The van der Waals surface area contributed by atoms with Crippen LogP contribution in [-0.4, -0.2) is 19.3 Å². The first-order valence-electron chi connectivity index (χ1n) is 9.18. The van der Waals surface area contributed by atoms with Crippen molar-refractivity contribution >= 4 is 21.6 Å². The van der Waals surface area contributed by atoms with Crippen LogP contribution in [0, 0.1) is 13.8 Å². The summed E-state index contributed by atoms with van der Waals surface area (Å²) in [6, 6.07) is 16.9. The molecule has 0 spiro atoms. The molecule has 1 amide bonds. The van der Waals surface area contributed by atoms with Crippen LogP contribution in [0.15, 0.2) is 71.8 Å². The van der Waals surface area contributed by atoms with Gasteiger partial charge in [0.2, 0.25) is 0 Å². The van der Waals surface area contributed by atoms with Gasteiger partial charge in [-0.25, -0.2) is 8.42 Å². The molecule has 1 aromatic heterocycles. The Morgan fingerprint density at radius 2 is 1.72 bits per heavy atom. The van der Waals surface area contributed by atoms with Crippen molar-refractivity contribution in [1.82, 2.24) is 10.3 Å². The summed E-state index contributed by atoms with van der Waals surface area (Å²) in [4.78, 5) is 17.0. The van der Waals surface area contributed by atoms with Gasteiger partial charge in [0.25, 0.3) is 15.9 Å². The van der Waals surface area contributed by atoms with Gasteiger partial charge >= 0.3 is 0 Å². The summed E-state index contributed by atoms with van der Waals surface area (Å²) in [7, 11) is -3.84. The van der Waals surface area contributed by atoms with E-state index in [2.05, 4.69) is 15.0 Å².